The third-order valence-electron chi connectivity index (χ3n) is 2.42. The normalized spacial score (nSPS) is 14.1. The van der Waals surface area contributed by atoms with Crippen LogP contribution in [0.25, 0.3) is 0 Å². The minimum absolute atomic E-state index is 0.0177. The van der Waals surface area contributed by atoms with Crippen LogP contribution in [0, 0.1) is 0 Å². The summed E-state index contributed by atoms with van der Waals surface area (Å²) in [4.78, 5) is 23.9. The first kappa shape index (κ1) is 16.7. The summed E-state index contributed by atoms with van der Waals surface area (Å²) in [5, 5.41) is 14.1. The predicted octanol–water partition coefficient (Wildman–Crippen LogP) is 0.879. The molecule has 6 heteroatoms. The van der Waals surface area contributed by atoms with Crippen molar-refractivity contribution in [2.24, 2.45) is 0 Å². The van der Waals surface area contributed by atoms with Crippen LogP contribution in [-0.2, 0) is 4.79 Å². The molecule has 0 aliphatic carbocycles. The number of nitrogens with one attached hydrogen (secondary N) is 2. The fourth-order valence-corrected chi connectivity index (χ4v) is 1.71. The molecule has 0 spiro atoms. The molecule has 18 heavy (non-hydrogen) atoms. The van der Waals surface area contributed by atoms with Crippen molar-refractivity contribution in [3.63, 3.8) is 0 Å². The molecule has 6 nitrogen and oxygen atoms in total. The Morgan fingerprint density at radius 2 is 1.72 bits per heavy atom. The minimum Gasteiger partial charge on any atom is -0.481 e. The first-order valence-electron chi connectivity index (χ1n) is 6.24. The largest absolute Gasteiger partial charge is 0.481 e. The summed E-state index contributed by atoms with van der Waals surface area (Å²) in [6, 6.07) is -0.144. The number of urea groups is 1. The zero-order valence-corrected chi connectivity index (χ0v) is 11.7. The molecule has 106 valence electrons. The molecule has 0 radical (unpaired) electrons. The lowest BCUT2D eigenvalue weighted by molar-refractivity contribution is -0.137. The lowest BCUT2D eigenvalue weighted by atomic mass is 10.1. The average Bonchev–Trinajstić information content (AvgIpc) is 2.14. The van der Waals surface area contributed by atoms with Crippen molar-refractivity contribution in [3.8, 4) is 0 Å². The van der Waals surface area contributed by atoms with E-state index in [1.54, 1.807) is 0 Å². The van der Waals surface area contributed by atoms with Gasteiger partial charge in [-0.15, -0.1) is 0 Å². The Morgan fingerprint density at radius 3 is 2.22 bits per heavy atom. The zero-order chi connectivity index (χ0) is 14.1. The quantitative estimate of drug-likeness (QED) is 0.604. The molecule has 2 unspecified atom stereocenters. The van der Waals surface area contributed by atoms with Crippen molar-refractivity contribution in [2.75, 3.05) is 20.6 Å². The van der Waals surface area contributed by atoms with Gasteiger partial charge >= 0.3 is 12.0 Å². The van der Waals surface area contributed by atoms with Crippen LogP contribution in [0.3, 0.4) is 0 Å². The van der Waals surface area contributed by atoms with Crippen LogP contribution in [0.4, 0.5) is 4.79 Å². The summed E-state index contributed by atoms with van der Waals surface area (Å²) >= 11 is 0. The first-order valence-corrected chi connectivity index (χ1v) is 6.24. The number of hydrogen-bond donors (Lipinski definition) is 3. The van der Waals surface area contributed by atoms with Crippen LogP contribution in [0.5, 0.6) is 0 Å². The van der Waals surface area contributed by atoms with Crippen molar-refractivity contribution in [2.45, 2.75) is 45.2 Å². The van der Waals surface area contributed by atoms with Gasteiger partial charge in [-0.2, -0.15) is 0 Å². The first-order chi connectivity index (χ1) is 8.31. The predicted molar refractivity (Wildman–Crippen MR) is 70.6 cm³/mol. The lowest BCUT2D eigenvalue weighted by Crippen LogP contribution is -2.47. The van der Waals surface area contributed by atoms with Crippen LogP contribution < -0.4 is 10.6 Å². The van der Waals surface area contributed by atoms with Crippen molar-refractivity contribution in [1.82, 2.24) is 15.5 Å². The van der Waals surface area contributed by atoms with Gasteiger partial charge in [0.05, 0.1) is 0 Å². The standard InChI is InChI=1S/C12H25N3O3/c1-9(6-5-7-11(16)17)13-12(18)14-10(2)8-15(3)4/h9-10H,5-8H2,1-4H3,(H,16,17)(H2,13,14,18). The third-order valence-corrected chi connectivity index (χ3v) is 2.42. The smallest absolute Gasteiger partial charge is 0.315 e. The highest BCUT2D eigenvalue weighted by molar-refractivity contribution is 5.74. The number of amides is 2. The maximum absolute atomic E-state index is 11.6. The van der Waals surface area contributed by atoms with Crippen LogP contribution >= 0.6 is 0 Å². The molecule has 0 heterocycles. The molecule has 0 fully saturated rings. The topological polar surface area (TPSA) is 81.7 Å². The van der Waals surface area contributed by atoms with E-state index in [4.69, 9.17) is 5.11 Å². The van der Waals surface area contributed by atoms with E-state index in [-0.39, 0.29) is 24.5 Å². The van der Waals surface area contributed by atoms with Crippen LogP contribution in [0.1, 0.15) is 33.1 Å². The summed E-state index contributed by atoms with van der Waals surface area (Å²) in [6.45, 7) is 4.59. The molecule has 0 aromatic heterocycles. The minimum atomic E-state index is -0.800. The molecule has 3 N–H and O–H groups in total. The van der Waals surface area contributed by atoms with E-state index in [9.17, 15) is 9.59 Å². The fourth-order valence-electron chi connectivity index (χ4n) is 1.71. The van der Waals surface area contributed by atoms with Gasteiger partial charge in [0.1, 0.15) is 0 Å². The maximum Gasteiger partial charge on any atom is 0.315 e. The van der Waals surface area contributed by atoms with Crippen molar-refractivity contribution in [3.05, 3.63) is 0 Å². The van der Waals surface area contributed by atoms with E-state index < -0.39 is 5.97 Å². The van der Waals surface area contributed by atoms with Crippen molar-refractivity contribution in [1.29, 1.82) is 0 Å². The van der Waals surface area contributed by atoms with E-state index in [1.807, 2.05) is 32.8 Å². The molecule has 0 saturated carbocycles. The Morgan fingerprint density at radius 1 is 1.17 bits per heavy atom. The number of carbonyl (C=O) groups excluding carboxylic acids is 1. The molecule has 0 saturated heterocycles. The Kier molecular flexibility index (Phi) is 8.11. The lowest BCUT2D eigenvalue weighted by Gasteiger charge is -2.20. The summed E-state index contributed by atoms with van der Waals surface area (Å²) in [5.41, 5.74) is 0. The molecule has 0 rings (SSSR count). The number of likely N-dealkylation sites (N-methyl/N-ethyl adjacent to an activating group) is 1. The average molecular weight is 259 g/mol. The molecule has 2 amide bonds. The van der Waals surface area contributed by atoms with E-state index in [2.05, 4.69) is 10.6 Å². The van der Waals surface area contributed by atoms with Crippen molar-refractivity contribution < 1.29 is 14.7 Å². The number of nitrogens with zero attached hydrogens (tertiary/aromatic N) is 1. The molecule has 0 aromatic rings. The van der Waals surface area contributed by atoms with Gasteiger partial charge in [0.15, 0.2) is 0 Å². The summed E-state index contributed by atoms with van der Waals surface area (Å²) in [5.74, 6) is -0.800. The van der Waals surface area contributed by atoms with Gasteiger partial charge in [-0.3, -0.25) is 4.79 Å². The number of hydrogen-bond acceptors (Lipinski definition) is 3. The number of carbonyl (C=O) groups is 2. The second-order valence-corrected chi connectivity index (χ2v) is 4.97. The Balaban J connectivity index is 3.76. The van der Waals surface area contributed by atoms with Gasteiger partial charge in [0.25, 0.3) is 0 Å². The SMILES string of the molecule is CC(CCCC(=O)O)NC(=O)NC(C)CN(C)C. The Labute approximate surface area is 109 Å². The molecular formula is C12H25N3O3. The monoisotopic (exact) mass is 259 g/mol. The Hall–Kier alpha value is -1.30. The Bertz CT molecular complexity index is 269. The van der Waals surface area contributed by atoms with Gasteiger partial charge in [-0.25, -0.2) is 4.79 Å². The summed E-state index contributed by atoms with van der Waals surface area (Å²) < 4.78 is 0. The summed E-state index contributed by atoms with van der Waals surface area (Å²) in [6.07, 6.45) is 1.39. The number of carboxylic acid groups (broad SMARTS) is 1. The van der Waals surface area contributed by atoms with Gasteiger partial charge in [-0.05, 0) is 40.8 Å². The molecule has 0 aliphatic heterocycles. The number of carboxylic acids is 1. The van der Waals surface area contributed by atoms with E-state index in [0.29, 0.717) is 12.8 Å². The highest BCUT2D eigenvalue weighted by Crippen LogP contribution is 2.00. The molecular weight excluding hydrogens is 234 g/mol. The number of rotatable bonds is 8. The van der Waals surface area contributed by atoms with E-state index in [1.165, 1.54) is 0 Å². The maximum atomic E-state index is 11.6. The van der Waals surface area contributed by atoms with Gasteiger partial charge < -0.3 is 20.6 Å². The van der Waals surface area contributed by atoms with Gasteiger partial charge in [-0.1, -0.05) is 0 Å². The second kappa shape index (κ2) is 8.74. The second-order valence-electron chi connectivity index (χ2n) is 4.97. The summed E-state index contributed by atoms with van der Waals surface area (Å²) in [7, 11) is 3.90. The molecule has 0 aromatic carbocycles. The fraction of sp³-hybridized carbons (Fsp3) is 0.833. The van der Waals surface area contributed by atoms with Crippen LogP contribution in [-0.4, -0.2) is 54.7 Å². The molecule has 0 aliphatic rings. The van der Waals surface area contributed by atoms with Crippen LogP contribution in [0.2, 0.25) is 0 Å². The van der Waals surface area contributed by atoms with Gasteiger partial charge in [0.2, 0.25) is 0 Å². The highest BCUT2D eigenvalue weighted by atomic mass is 16.4. The molecule has 0 bridgehead atoms. The van der Waals surface area contributed by atoms with E-state index >= 15 is 0 Å². The highest BCUT2D eigenvalue weighted by Gasteiger charge is 2.11. The van der Waals surface area contributed by atoms with E-state index in [0.717, 1.165) is 6.54 Å². The van der Waals surface area contributed by atoms with Gasteiger partial charge in [0, 0.05) is 25.0 Å². The van der Waals surface area contributed by atoms with Crippen LogP contribution in [0.15, 0.2) is 0 Å². The third kappa shape index (κ3) is 9.89. The zero-order valence-electron chi connectivity index (χ0n) is 11.7. The molecule has 2 atom stereocenters. The number of aliphatic carboxylic acids is 1. The van der Waals surface area contributed by atoms with Crippen molar-refractivity contribution >= 4 is 12.0 Å².